The summed E-state index contributed by atoms with van der Waals surface area (Å²) in [4.78, 5) is 15.4. The van der Waals surface area contributed by atoms with Crippen molar-refractivity contribution in [3.63, 3.8) is 0 Å². The predicted molar refractivity (Wildman–Crippen MR) is 118 cm³/mol. The summed E-state index contributed by atoms with van der Waals surface area (Å²) in [6, 6.07) is 15.2. The first-order chi connectivity index (χ1) is 15.1. The molecule has 7 heteroatoms. The topological polar surface area (TPSA) is 96.4 Å². The molecule has 0 spiro atoms. The van der Waals surface area contributed by atoms with Crippen molar-refractivity contribution in [2.24, 2.45) is 5.92 Å². The Balaban J connectivity index is 1.50. The fraction of sp³-hybridized carbons (Fsp3) is 0.333. The summed E-state index contributed by atoms with van der Waals surface area (Å²) in [7, 11) is 1.63. The fourth-order valence-electron chi connectivity index (χ4n) is 3.54. The maximum absolute atomic E-state index is 12.1. The Kier molecular flexibility index (Phi) is 6.10. The SMILES string of the molecule is COCCOc1ccc2c(C#N)c(-c3ccc(NC(=O)OC(C)C4CC4)cc3)[nH]c2c1. The number of anilines is 1. The molecule has 0 saturated heterocycles. The Hall–Kier alpha value is -3.50. The van der Waals surface area contributed by atoms with Crippen LogP contribution >= 0.6 is 0 Å². The van der Waals surface area contributed by atoms with Crippen LogP contribution in [0, 0.1) is 17.2 Å². The number of ether oxygens (including phenoxy) is 3. The Morgan fingerprint density at radius 3 is 2.68 bits per heavy atom. The maximum Gasteiger partial charge on any atom is 0.411 e. The molecule has 7 nitrogen and oxygen atoms in total. The van der Waals surface area contributed by atoms with Crippen LogP contribution in [0.3, 0.4) is 0 Å². The molecule has 1 saturated carbocycles. The lowest BCUT2D eigenvalue weighted by Crippen LogP contribution is -2.21. The molecule has 4 rings (SSSR count). The van der Waals surface area contributed by atoms with Crippen LogP contribution in [0.4, 0.5) is 10.5 Å². The number of carbonyl (C=O) groups is 1. The Morgan fingerprint density at radius 2 is 2.00 bits per heavy atom. The van der Waals surface area contributed by atoms with Crippen molar-refractivity contribution in [1.82, 2.24) is 4.98 Å². The van der Waals surface area contributed by atoms with Gasteiger partial charge in [-0.2, -0.15) is 5.26 Å². The van der Waals surface area contributed by atoms with Gasteiger partial charge in [-0.15, -0.1) is 0 Å². The molecular weight excluding hydrogens is 394 g/mol. The summed E-state index contributed by atoms with van der Waals surface area (Å²) < 4.78 is 16.1. The summed E-state index contributed by atoms with van der Waals surface area (Å²) in [5, 5.41) is 13.3. The molecule has 1 fully saturated rings. The number of amides is 1. The lowest BCUT2D eigenvalue weighted by molar-refractivity contribution is 0.108. The number of aromatic amines is 1. The third-order valence-electron chi connectivity index (χ3n) is 5.44. The van der Waals surface area contributed by atoms with Gasteiger partial charge < -0.3 is 19.2 Å². The van der Waals surface area contributed by atoms with E-state index in [1.54, 1.807) is 19.2 Å². The average molecular weight is 419 g/mol. The number of methoxy groups -OCH3 is 1. The number of nitrogens with one attached hydrogen (secondary N) is 2. The molecule has 1 aliphatic carbocycles. The van der Waals surface area contributed by atoms with Gasteiger partial charge in [-0.25, -0.2) is 4.79 Å². The first-order valence-corrected chi connectivity index (χ1v) is 10.3. The second kappa shape index (κ2) is 9.11. The first kappa shape index (κ1) is 20.8. The molecule has 2 aromatic carbocycles. The number of aromatic nitrogens is 1. The highest BCUT2D eigenvalue weighted by molar-refractivity contribution is 5.94. The zero-order valence-corrected chi connectivity index (χ0v) is 17.6. The number of fused-ring (bicyclic) bond motifs is 1. The third kappa shape index (κ3) is 4.81. The van der Waals surface area contributed by atoms with Crippen molar-refractivity contribution in [3.05, 3.63) is 48.0 Å². The van der Waals surface area contributed by atoms with Crippen LogP contribution in [-0.4, -0.2) is 37.5 Å². The lowest BCUT2D eigenvalue weighted by Gasteiger charge is -2.13. The molecule has 0 radical (unpaired) electrons. The van der Waals surface area contributed by atoms with Gasteiger partial charge in [0.05, 0.1) is 23.4 Å². The summed E-state index contributed by atoms with van der Waals surface area (Å²) >= 11 is 0. The van der Waals surface area contributed by atoms with Gasteiger partial charge in [-0.3, -0.25) is 5.32 Å². The van der Waals surface area contributed by atoms with Gasteiger partial charge in [0.25, 0.3) is 0 Å². The smallest absolute Gasteiger partial charge is 0.411 e. The zero-order valence-electron chi connectivity index (χ0n) is 17.6. The van der Waals surface area contributed by atoms with Crippen molar-refractivity contribution in [1.29, 1.82) is 5.26 Å². The van der Waals surface area contributed by atoms with E-state index in [0.717, 1.165) is 35.0 Å². The molecule has 1 amide bonds. The van der Waals surface area contributed by atoms with Crippen molar-refractivity contribution >= 4 is 22.7 Å². The maximum atomic E-state index is 12.1. The normalized spacial score (nSPS) is 14.1. The standard InChI is InChI=1S/C24H25N3O4/c1-15(16-3-4-16)31-24(28)26-18-7-5-17(6-8-18)23-21(14-25)20-10-9-19(13-22(20)27-23)30-12-11-29-2/h5-10,13,15-16,27H,3-4,11-12H2,1-2H3,(H,26,28). The molecular formula is C24H25N3O4. The zero-order chi connectivity index (χ0) is 21.8. The molecule has 1 aromatic heterocycles. The molecule has 1 unspecified atom stereocenters. The van der Waals surface area contributed by atoms with Crippen LogP contribution in [0.2, 0.25) is 0 Å². The van der Waals surface area contributed by atoms with Crippen molar-refractivity contribution in [2.75, 3.05) is 25.6 Å². The number of rotatable bonds is 8. The largest absolute Gasteiger partial charge is 0.491 e. The quantitative estimate of drug-likeness (QED) is 0.497. The third-order valence-corrected chi connectivity index (χ3v) is 5.44. The van der Waals surface area contributed by atoms with Gasteiger partial charge >= 0.3 is 6.09 Å². The van der Waals surface area contributed by atoms with E-state index >= 15 is 0 Å². The lowest BCUT2D eigenvalue weighted by atomic mass is 10.1. The highest BCUT2D eigenvalue weighted by Gasteiger charge is 2.30. The summed E-state index contributed by atoms with van der Waals surface area (Å²) in [6.07, 6.45) is 1.73. The van der Waals surface area contributed by atoms with Crippen molar-refractivity contribution in [2.45, 2.75) is 25.9 Å². The van der Waals surface area contributed by atoms with Crippen molar-refractivity contribution < 1.29 is 19.0 Å². The van der Waals surface area contributed by atoms with E-state index in [1.807, 2.05) is 37.3 Å². The second-order valence-electron chi connectivity index (χ2n) is 7.69. The Bertz CT molecular complexity index is 1110. The van der Waals surface area contributed by atoms with Crippen molar-refractivity contribution in [3.8, 4) is 23.1 Å². The molecule has 160 valence electrons. The average Bonchev–Trinajstić information content (AvgIpc) is 3.55. The molecule has 2 N–H and O–H groups in total. The Morgan fingerprint density at radius 1 is 1.23 bits per heavy atom. The number of carbonyl (C=O) groups excluding carboxylic acids is 1. The predicted octanol–water partition coefficient (Wildman–Crippen LogP) is 5.08. The van der Waals surface area contributed by atoms with E-state index in [2.05, 4.69) is 16.4 Å². The minimum absolute atomic E-state index is 0.0628. The molecule has 3 aromatic rings. The monoisotopic (exact) mass is 419 g/mol. The minimum atomic E-state index is -0.448. The van der Waals surface area contributed by atoms with E-state index < -0.39 is 6.09 Å². The number of nitrogens with zero attached hydrogens (tertiary/aromatic N) is 1. The highest BCUT2D eigenvalue weighted by Crippen LogP contribution is 2.34. The molecule has 0 aliphatic heterocycles. The Labute approximate surface area is 180 Å². The summed E-state index contributed by atoms with van der Waals surface area (Å²) in [5.74, 6) is 1.20. The van der Waals surface area contributed by atoms with Gasteiger partial charge in [0.2, 0.25) is 0 Å². The molecule has 1 aliphatic rings. The number of hydrogen-bond donors (Lipinski definition) is 2. The summed E-state index contributed by atoms with van der Waals surface area (Å²) in [5.41, 5.74) is 3.60. The van der Waals surface area contributed by atoms with Gasteiger partial charge in [-0.05, 0) is 55.5 Å². The van der Waals surface area contributed by atoms with Gasteiger partial charge in [0, 0.05) is 24.2 Å². The van der Waals surface area contributed by atoms with Crippen LogP contribution in [0.15, 0.2) is 42.5 Å². The molecule has 31 heavy (non-hydrogen) atoms. The summed E-state index contributed by atoms with van der Waals surface area (Å²) in [6.45, 7) is 2.88. The molecule has 0 bridgehead atoms. The van der Waals surface area contributed by atoms with Crippen LogP contribution in [0.25, 0.3) is 22.2 Å². The van der Waals surface area contributed by atoms with E-state index in [9.17, 15) is 10.1 Å². The molecule has 1 atom stereocenters. The van der Waals surface area contributed by atoms with Crippen LogP contribution < -0.4 is 10.1 Å². The number of nitriles is 1. The highest BCUT2D eigenvalue weighted by atomic mass is 16.6. The van der Waals surface area contributed by atoms with Gasteiger partial charge in [-0.1, -0.05) is 12.1 Å². The minimum Gasteiger partial charge on any atom is -0.491 e. The first-order valence-electron chi connectivity index (χ1n) is 10.3. The van der Waals surface area contributed by atoms with E-state index in [4.69, 9.17) is 14.2 Å². The second-order valence-corrected chi connectivity index (χ2v) is 7.69. The fourth-order valence-corrected chi connectivity index (χ4v) is 3.54. The molecule has 1 heterocycles. The van der Waals surface area contributed by atoms with Gasteiger partial charge in [0.15, 0.2) is 0 Å². The van der Waals surface area contributed by atoms with Crippen LogP contribution in [0.5, 0.6) is 5.75 Å². The van der Waals surface area contributed by atoms with E-state index in [-0.39, 0.29) is 6.10 Å². The van der Waals surface area contributed by atoms with E-state index in [0.29, 0.717) is 36.1 Å². The number of hydrogen-bond acceptors (Lipinski definition) is 5. The van der Waals surface area contributed by atoms with E-state index in [1.165, 1.54) is 0 Å². The number of H-pyrrole nitrogens is 1. The van der Waals surface area contributed by atoms with Gasteiger partial charge in [0.1, 0.15) is 24.5 Å². The van der Waals surface area contributed by atoms with Crippen LogP contribution in [0.1, 0.15) is 25.3 Å². The van der Waals surface area contributed by atoms with Crippen LogP contribution in [-0.2, 0) is 9.47 Å². The number of benzene rings is 2.